The van der Waals surface area contributed by atoms with Crippen LogP contribution < -0.4 is 11.1 Å². The molecule has 3 N–H and O–H groups in total. The van der Waals surface area contributed by atoms with Crippen LogP contribution in [0.1, 0.15) is 11.1 Å². The molecule has 0 saturated heterocycles. The van der Waals surface area contributed by atoms with Crippen LogP contribution in [-0.2, 0) is 21.4 Å². The summed E-state index contributed by atoms with van der Waals surface area (Å²) in [5.41, 5.74) is 9.57. The van der Waals surface area contributed by atoms with E-state index in [1.54, 1.807) is 36.4 Å². The Labute approximate surface area is 211 Å². The first-order valence-corrected chi connectivity index (χ1v) is 12.8. The zero-order valence-corrected chi connectivity index (χ0v) is 20.9. The van der Waals surface area contributed by atoms with Gasteiger partial charge in [-0.15, -0.1) is 0 Å². The summed E-state index contributed by atoms with van der Waals surface area (Å²) in [6, 6.07) is 23.6. The molecule has 1 heterocycles. The third kappa shape index (κ3) is 5.56. The molecule has 4 rings (SSSR count). The highest BCUT2D eigenvalue weighted by Gasteiger charge is 2.25. The molecule has 7 nitrogen and oxygen atoms in total. The smallest absolute Gasteiger partial charge is 0.268 e. The van der Waals surface area contributed by atoms with Crippen molar-refractivity contribution in [3.63, 3.8) is 0 Å². The van der Waals surface area contributed by atoms with Gasteiger partial charge in [-0.05, 0) is 55.1 Å². The molecular formula is C28H28N4O3S. The fourth-order valence-electron chi connectivity index (χ4n) is 3.90. The van der Waals surface area contributed by atoms with E-state index in [0.717, 1.165) is 5.56 Å². The number of nitrogens with one attached hydrogen (secondary N) is 1. The van der Waals surface area contributed by atoms with Crippen molar-refractivity contribution >= 4 is 33.4 Å². The number of hydrogen-bond donors (Lipinski definition) is 2. The van der Waals surface area contributed by atoms with Gasteiger partial charge in [0.15, 0.2) is 0 Å². The van der Waals surface area contributed by atoms with Crippen LogP contribution in [0.3, 0.4) is 0 Å². The first-order valence-electron chi connectivity index (χ1n) is 11.3. The summed E-state index contributed by atoms with van der Waals surface area (Å²) >= 11 is 0. The van der Waals surface area contributed by atoms with E-state index in [9.17, 15) is 13.2 Å². The number of hydrogen-bond acceptors (Lipinski definition) is 5. The van der Waals surface area contributed by atoms with E-state index in [-0.39, 0.29) is 10.8 Å². The number of anilines is 2. The molecule has 0 aliphatic heterocycles. The van der Waals surface area contributed by atoms with Gasteiger partial charge in [-0.25, -0.2) is 12.4 Å². The lowest BCUT2D eigenvalue weighted by Crippen LogP contribution is -2.18. The minimum absolute atomic E-state index is 0.258. The Balaban J connectivity index is 1.66. The van der Waals surface area contributed by atoms with Crippen LogP contribution in [-0.4, -0.2) is 37.3 Å². The van der Waals surface area contributed by atoms with Gasteiger partial charge in [0.05, 0.1) is 11.4 Å². The maximum Gasteiger partial charge on any atom is 0.268 e. The van der Waals surface area contributed by atoms with Gasteiger partial charge in [0, 0.05) is 30.6 Å². The van der Waals surface area contributed by atoms with Gasteiger partial charge in [0.25, 0.3) is 10.0 Å². The van der Waals surface area contributed by atoms with Crippen LogP contribution in [0, 0.1) is 0 Å². The molecule has 184 valence electrons. The highest BCUT2D eigenvalue weighted by atomic mass is 32.2. The standard InChI is InChI=1S/C28H28N4O3S/c1-31(2)20-23-11-8-12-24(22-9-4-3-5-10-22)28(23)36(34,35)32-18-17-21(19-32)15-16-27(33)30-26-14-7-6-13-25(26)29/h3-19H,20,29H2,1-2H3,(H,30,33)/b16-15+. The van der Waals surface area contributed by atoms with Crippen molar-refractivity contribution in [1.29, 1.82) is 0 Å². The number of nitrogens with two attached hydrogens (primary N) is 1. The molecule has 0 saturated carbocycles. The van der Waals surface area contributed by atoms with Gasteiger partial charge in [0.2, 0.25) is 5.91 Å². The largest absolute Gasteiger partial charge is 0.397 e. The fraction of sp³-hybridized carbons (Fsp3) is 0.107. The first-order chi connectivity index (χ1) is 17.3. The second kappa shape index (κ2) is 10.6. The maximum absolute atomic E-state index is 13.9. The molecule has 0 unspecified atom stereocenters. The van der Waals surface area contributed by atoms with Crippen molar-refractivity contribution in [1.82, 2.24) is 8.87 Å². The van der Waals surface area contributed by atoms with E-state index >= 15 is 0 Å². The number of para-hydroxylation sites is 2. The van der Waals surface area contributed by atoms with E-state index in [4.69, 9.17) is 5.73 Å². The minimum Gasteiger partial charge on any atom is -0.397 e. The van der Waals surface area contributed by atoms with Gasteiger partial charge in [-0.1, -0.05) is 60.7 Å². The number of nitrogens with zero attached hydrogens (tertiary/aromatic N) is 2. The van der Waals surface area contributed by atoms with Crippen molar-refractivity contribution in [2.75, 3.05) is 25.1 Å². The predicted octanol–water partition coefficient (Wildman–Crippen LogP) is 4.69. The lowest BCUT2D eigenvalue weighted by atomic mass is 10.0. The number of aromatic nitrogens is 1. The molecule has 36 heavy (non-hydrogen) atoms. The van der Waals surface area contributed by atoms with Crippen molar-refractivity contribution in [3.8, 4) is 11.1 Å². The monoisotopic (exact) mass is 500 g/mol. The van der Waals surface area contributed by atoms with Gasteiger partial charge < -0.3 is 16.0 Å². The van der Waals surface area contributed by atoms with Crippen LogP contribution >= 0.6 is 0 Å². The second-order valence-corrected chi connectivity index (χ2v) is 10.4. The Morgan fingerprint density at radius 1 is 0.972 bits per heavy atom. The number of rotatable bonds is 8. The average Bonchev–Trinajstić information content (AvgIpc) is 3.34. The highest BCUT2D eigenvalue weighted by Crippen LogP contribution is 2.32. The number of carbonyl (C=O) groups is 1. The van der Waals surface area contributed by atoms with Crippen LogP contribution in [0.15, 0.2) is 102 Å². The quantitative estimate of drug-likeness (QED) is 0.270. The number of amides is 1. The van der Waals surface area contributed by atoms with Crippen molar-refractivity contribution in [2.24, 2.45) is 0 Å². The van der Waals surface area contributed by atoms with Crippen molar-refractivity contribution < 1.29 is 13.2 Å². The van der Waals surface area contributed by atoms with E-state index in [0.29, 0.717) is 34.6 Å². The third-order valence-corrected chi connectivity index (χ3v) is 7.32. The van der Waals surface area contributed by atoms with Crippen LogP contribution in [0.2, 0.25) is 0 Å². The molecule has 0 aliphatic rings. The zero-order chi connectivity index (χ0) is 25.7. The molecular weight excluding hydrogens is 472 g/mol. The van der Waals surface area contributed by atoms with Crippen LogP contribution in [0.4, 0.5) is 11.4 Å². The van der Waals surface area contributed by atoms with Crippen molar-refractivity contribution in [3.05, 3.63) is 108 Å². The molecule has 0 aliphatic carbocycles. The third-order valence-electron chi connectivity index (χ3n) is 5.54. The number of benzene rings is 3. The van der Waals surface area contributed by atoms with Crippen molar-refractivity contribution in [2.45, 2.75) is 11.4 Å². The molecule has 0 radical (unpaired) electrons. The van der Waals surface area contributed by atoms with E-state index in [1.165, 1.54) is 22.4 Å². The minimum atomic E-state index is -3.93. The van der Waals surface area contributed by atoms with Gasteiger partial charge in [0.1, 0.15) is 4.90 Å². The SMILES string of the molecule is CN(C)Cc1cccc(-c2ccccc2)c1S(=O)(=O)n1ccc(/C=C/C(=O)Nc2ccccc2N)c1. The Kier molecular flexibility index (Phi) is 7.38. The molecule has 8 heteroatoms. The number of carbonyl (C=O) groups excluding carboxylic acids is 1. The molecule has 3 aromatic carbocycles. The van der Waals surface area contributed by atoms with Crippen LogP contribution in [0.25, 0.3) is 17.2 Å². The van der Waals surface area contributed by atoms with Gasteiger partial charge >= 0.3 is 0 Å². The Hall–Kier alpha value is -4.14. The maximum atomic E-state index is 13.9. The van der Waals surface area contributed by atoms with E-state index in [1.807, 2.05) is 67.5 Å². The summed E-state index contributed by atoms with van der Waals surface area (Å²) in [7, 11) is -0.125. The fourth-order valence-corrected chi connectivity index (χ4v) is 5.52. The average molecular weight is 501 g/mol. The molecule has 0 atom stereocenters. The normalized spacial score (nSPS) is 11.8. The number of nitrogen functional groups attached to an aromatic ring is 1. The second-order valence-electron chi connectivity index (χ2n) is 8.59. The summed E-state index contributed by atoms with van der Waals surface area (Å²) in [5.74, 6) is -0.369. The summed E-state index contributed by atoms with van der Waals surface area (Å²) in [4.78, 5) is 14.5. The molecule has 4 aromatic rings. The lowest BCUT2D eigenvalue weighted by Gasteiger charge is -2.18. The van der Waals surface area contributed by atoms with Gasteiger partial charge in [-0.2, -0.15) is 0 Å². The topological polar surface area (TPSA) is 97.4 Å². The van der Waals surface area contributed by atoms with E-state index < -0.39 is 10.0 Å². The molecule has 0 spiro atoms. The van der Waals surface area contributed by atoms with Gasteiger partial charge in [-0.3, -0.25) is 4.79 Å². The zero-order valence-electron chi connectivity index (χ0n) is 20.1. The molecule has 0 bridgehead atoms. The first kappa shape index (κ1) is 25.0. The Morgan fingerprint density at radius 3 is 2.42 bits per heavy atom. The summed E-state index contributed by atoms with van der Waals surface area (Å²) in [6.07, 6.45) is 5.89. The molecule has 1 amide bonds. The predicted molar refractivity (Wildman–Crippen MR) is 145 cm³/mol. The lowest BCUT2D eigenvalue weighted by molar-refractivity contribution is -0.111. The Bertz CT molecular complexity index is 1510. The van der Waals surface area contributed by atoms with E-state index in [2.05, 4.69) is 5.32 Å². The summed E-state index contributed by atoms with van der Waals surface area (Å²) < 4.78 is 29.0. The van der Waals surface area contributed by atoms with Crippen LogP contribution in [0.5, 0.6) is 0 Å². The Morgan fingerprint density at radius 2 is 1.69 bits per heavy atom. The molecule has 0 fully saturated rings. The highest BCUT2D eigenvalue weighted by molar-refractivity contribution is 7.90. The molecule has 1 aromatic heterocycles. The summed E-state index contributed by atoms with van der Waals surface area (Å²) in [5, 5.41) is 2.71. The summed E-state index contributed by atoms with van der Waals surface area (Å²) in [6.45, 7) is 0.464.